The second-order valence-corrected chi connectivity index (χ2v) is 4.05. The summed E-state index contributed by atoms with van der Waals surface area (Å²) in [7, 11) is 1.30. The molecule has 0 amide bonds. The van der Waals surface area contributed by atoms with E-state index in [1.165, 1.54) is 20.1 Å². The summed E-state index contributed by atoms with van der Waals surface area (Å²) in [6.45, 7) is 1.28. The van der Waals surface area contributed by atoms with E-state index < -0.39 is 23.5 Å². The number of aliphatic carboxylic acids is 1. The summed E-state index contributed by atoms with van der Waals surface area (Å²) >= 11 is 2.93. The van der Waals surface area contributed by atoms with Crippen LogP contribution in [0.25, 0.3) is 0 Å². The Balaban J connectivity index is 3.47. The van der Waals surface area contributed by atoms with Gasteiger partial charge in [-0.15, -0.1) is 0 Å². The minimum Gasteiger partial charge on any atom is -0.504 e. The Morgan fingerprint density at radius 1 is 1.62 bits per heavy atom. The van der Waals surface area contributed by atoms with Gasteiger partial charge in [0.15, 0.2) is 11.5 Å². The summed E-state index contributed by atoms with van der Waals surface area (Å²) in [6.07, 6.45) is 0. The number of halogens is 2. The number of benzene rings is 1. The lowest BCUT2D eigenvalue weighted by atomic mass is 9.99. The van der Waals surface area contributed by atoms with Gasteiger partial charge in [0.1, 0.15) is 5.82 Å². The fraction of sp³-hybridized carbons (Fsp3) is 0.300. The second-order valence-electron chi connectivity index (χ2n) is 3.20. The van der Waals surface area contributed by atoms with E-state index in [1.54, 1.807) is 0 Å². The topological polar surface area (TPSA) is 66.8 Å². The molecule has 0 bridgehead atoms. The highest BCUT2D eigenvalue weighted by Crippen LogP contribution is 2.40. The Bertz CT molecular complexity index is 433. The number of ether oxygens (including phenoxy) is 1. The monoisotopic (exact) mass is 292 g/mol. The zero-order chi connectivity index (χ0) is 12.5. The highest BCUT2D eigenvalue weighted by atomic mass is 79.9. The van der Waals surface area contributed by atoms with Gasteiger partial charge in [0.25, 0.3) is 0 Å². The largest absolute Gasteiger partial charge is 0.504 e. The average molecular weight is 293 g/mol. The molecule has 0 aliphatic rings. The number of methoxy groups -OCH3 is 1. The molecule has 6 heteroatoms. The van der Waals surface area contributed by atoms with Crippen LogP contribution in [0, 0.1) is 5.82 Å². The molecule has 2 N–H and O–H groups in total. The van der Waals surface area contributed by atoms with Gasteiger partial charge in [-0.1, -0.05) is 0 Å². The second kappa shape index (κ2) is 4.69. The summed E-state index contributed by atoms with van der Waals surface area (Å²) in [5.74, 6) is -3.65. The Hall–Kier alpha value is -1.30. The molecule has 0 saturated carbocycles. The zero-order valence-electron chi connectivity index (χ0n) is 8.62. The maximum absolute atomic E-state index is 13.7. The molecule has 0 spiro atoms. The molecular weight excluding hydrogens is 283 g/mol. The van der Waals surface area contributed by atoms with E-state index in [9.17, 15) is 14.3 Å². The number of carboxylic acids is 1. The summed E-state index contributed by atoms with van der Waals surface area (Å²) in [6, 6.07) is 1.24. The first-order chi connectivity index (χ1) is 7.40. The molecule has 1 atom stereocenters. The third-order valence-corrected chi connectivity index (χ3v) is 2.79. The Morgan fingerprint density at radius 2 is 2.19 bits per heavy atom. The number of hydrogen-bond donors (Lipinski definition) is 2. The van der Waals surface area contributed by atoms with Crippen LogP contribution in [-0.2, 0) is 4.79 Å². The van der Waals surface area contributed by atoms with Crippen molar-refractivity contribution in [3.63, 3.8) is 0 Å². The fourth-order valence-electron chi connectivity index (χ4n) is 1.29. The maximum atomic E-state index is 13.7. The van der Waals surface area contributed by atoms with E-state index >= 15 is 0 Å². The molecule has 1 unspecified atom stereocenters. The van der Waals surface area contributed by atoms with Gasteiger partial charge in [0, 0.05) is 11.6 Å². The first kappa shape index (κ1) is 12.8. The standard InChI is InChI=1S/C10H10BrFO4/c1-4(10(14)15)7-8(12)5(11)3-6(16-2)9(7)13/h3-4,13H,1-2H3,(H,14,15). The molecule has 0 aliphatic carbocycles. The molecule has 4 nitrogen and oxygen atoms in total. The van der Waals surface area contributed by atoms with Crippen molar-refractivity contribution in [3.8, 4) is 11.5 Å². The summed E-state index contributed by atoms with van der Waals surface area (Å²) in [5.41, 5.74) is -0.293. The Morgan fingerprint density at radius 3 is 2.62 bits per heavy atom. The minimum absolute atomic E-state index is 0.0244. The summed E-state index contributed by atoms with van der Waals surface area (Å²) in [5, 5.41) is 18.5. The molecule has 16 heavy (non-hydrogen) atoms. The van der Waals surface area contributed by atoms with Crippen molar-refractivity contribution in [2.45, 2.75) is 12.8 Å². The zero-order valence-corrected chi connectivity index (χ0v) is 10.2. The molecular formula is C10H10BrFO4. The summed E-state index contributed by atoms with van der Waals surface area (Å²) < 4.78 is 18.5. The van der Waals surface area contributed by atoms with Crippen molar-refractivity contribution >= 4 is 21.9 Å². The van der Waals surface area contributed by atoms with Crippen molar-refractivity contribution in [2.24, 2.45) is 0 Å². The van der Waals surface area contributed by atoms with Crippen molar-refractivity contribution in [3.05, 3.63) is 21.9 Å². The molecule has 0 fully saturated rings. The average Bonchev–Trinajstić information content (AvgIpc) is 2.23. The molecule has 0 heterocycles. The van der Waals surface area contributed by atoms with Crippen molar-refractivity contribution in [1.82, 2.24) is 0 Å². The number of carboxylic acid groups (broad SMARTS) is 1. The lowest BCUT2D eigenvalue weighted by Crippen LogP contribution is -2.10. The predicted octanol–water partition coefficient (Wildman–Crippen LogP) is 2.49. The highest BCUT2D eigenvalue weighted by molar-refractivity contribution is 9.10. The van der Waals surface area contributed by atoms with Gasteiger partial charge in [0.2, 0.25) is 0 Å². The molecule has 0 aliphatic heterocycles. The number of hydrogen-bond acceptors (Lipinski definition) is 3. The predicted molar refractivity (Wildman–Crippen MR) is 58.4 cm³/mol. The van der Waals surface area contributed by atoms with E-state index in [-0.39, 0.29) is 15.8 Å². The van der Waals surface area contributed by atoms with Gasteiger partial charge in [-0.05, 0) is 22.9 Å². The SMILES string of the molecule is COc1cc(Br)c(F)c(C(C)C(=O)O)c1O. The number of phenols is 1. The van der Waals surface area contributed by atoms with Crippen molar-refractivity contribution in [1.29, 1.82) is 0 Å². The first-order valence-corrected chi connectivity index (χ1v) is 5.17. The van der Waals surface area contributed by atoms with Gasteiger partial charge in [0.05, 0.1) is 17.5 Å². The molecule has 1 aromatic rings. The van der Waals surface area contributed by atoms with E-state index in [0.29, 0.717) is 0 Å². The van der Waals surface area contributed by atoms with Gasteiger partial charge in [-0.25, -0.2) is 4.39 Å². The van der Waals surface area contributed by atoms with Crippen LogP contribution in [0.3, 0.4) is 0 Å². The third-order valence-electron chi connectivity index (χ3n) is 2.22. The van der Waals surface area contributed by atoms with Crippen LogP contribution < -0.4 is 4.74 Å². The molecule has 1 aromatic carbocycles. The van der Waals surface area contributed by atoms with E-state index in [1.807, 2.05) is 0 Å². The third kappa shape index (κ3) is 2.11. The van der Waals surface area contributed by atoms with Crippen LogP contribution in [0.4, 0.5) is 4.39 Å². The lowest BCUT2D eigenvalue weighted by Gasteiger charge is -2.14. The molecule has 0 saturated heterocycles. The van der Waals surface area contributed by atoms with Crippen molar-refractivity contribution < 1.29 is 24.1 Å². The van der Waals surface area contributed by atoms with Crippen LogP contribution in [0.1, 0.15) is 18.4 Å². The van der Waals surface area contributed by atoms with E-state index in [0.717, 1.165) is 0 Å². The van der Waals surface area contributed by atoms with Gasteiger partial charge >= 0.3 is 5.97 Å². The first-order valence-electron chi connectivity index (χ1n) is 4.37. The number of rotatable bonds is 3. The molecule has 88 valence electrons. The highest BCUT2D eigenvalue weighted by Gasteiger charge is 2.26. The normalized spacial score (nSPS) is 12.2. The van der Waals surface area contributed by atoms with Gasteiger partial charge in [-0.3, -0.25) is 4.79 Å². The maximum Gasteiger partial charge on any atom is 0.310 e. The van der Waals surface area contributed by atoms with Crippen LogP contribution in [0.15, 0.2) is 10.5 Å². The van der Waals surface area contributed by atoms with Gasteiger partial charge in [-0.2, -0.15) is 0 Å². The number of carbonyl (C=O) groups is 1. The fourth-order valence-corrected chi connectivity index (χ4v) is 1.71. The smallest absolute Gasteiger partial charge is 0.310 e. The Labute approximate surface area is 99.8 Å². The van der Waals surface area contributed by atoms with Gasteiger partial charge < -0.3 is 14.9 Å². The quantitative estimate of drug-likeness (QED) is 0.898. The summed E-state index contributed by atoms with van der Waals surface area (Å²) in [4.78, 5) is 10.8. The van der Waals surface area contributed by atoms with E-state index in [4.69, 9.17) is 9.84 Å². The van der Waals surface area contributed by atoms with Crippen LogP contribution in [0.5, 0.6) is 11.5 Å². The Kier molecular flexibility index (Phi) is 3.74. The lowest BCUT2D eigenvalue weighted by molar-refractivity contribution is -0.138. The van der Waals surface area contributed by atoms with Crippen LogP contribution in [0.2, 0.25) is 0 Å². The minimum atomic E-state index is -1.23. The molecule has 0 aromatic heterocycles. The molecule has 1 rings (SSSR count). The molecule has 0 radical (unpaired) electrons. The number of aromatic hydroxyl groups is 1. The van der Waals surface area contributed by atoms with E-state index in [2.05, 4.69) is 15.9 Å². The van der Waals surface area contributed by atoms with Crippen LogP contribution >= 0.6 is 15.9 Å². The van der Waals surface area contributed by atoms with Crippen molar-refractivity contribution in [2.75, 3.05) is 7.11 Å². The number of phenolic OH excluding ortho intramolecular Hbond substituents is 1. The van der Waals surface area contributed by atoms with Crippen LogP contribution in [-0.4, -0.2) is 23.3 Å².